The van der Waals surface area contributed by atoms with Crippen LogP contribution in [0.25, 0.3) is 0 Å². The van der Waals surface area contributed by atoms with Gasteiger partial charge in [-0.3, -0.25) is 0 Å². The topological polar surface area (TPSA) is 18.5 Å². The molecular weight excluding hydrogens is 152 g/mol. The van der Waals surface area contributed by atoms with Gasteiger partial charge in [0.05, 0.1) is 12.9 Å². The summed E-state index contributed by atoms with van der Waals surface area (Å²) < 4.78 is 10.8. The van der Waals surface area contributed by atoms with Crippen molar-refractivity contribution in [2.24, 2.45) is 5.41 Å². The molecule has 1 rings (SSSR count). The average Bonchev–Trinajstić information content (AvgIpc) is 2.02. The van der Waals surface area contributed by atoms with E-state index in [9.17, 15) is 0 Å². The van der Waals surface area contributed by atoms with Crippen LogP contribution >= 0.6 is 0 Å². The zero-order chi connectivity index (χ0) is 9.03. The smallest absolute Gasteiger partial charge is 0.199 e. The number of ether oxygens (including phenoxy) is 2. The number of rotatable bonds is 2. The molecule has 0 spiro atoms. The highest BCUT2D eigenvalue weighted by molar-refractivity contribution is 4.79. The predicted molar refractivity (Wildman–Crippen MR) is 48.7 cm³/mol. The lowest BCUT2D eigenvalue weighted by molar-refractivity contribution is -0.132. The van der Waals surface area contributed by atoms with Gasteiger partial charge in [0.1, 0.15) is 0 Å². The number of hydrogen-bond acceptors (Lipinski definition) is 2. The average molecular weight is 170 g/mol. The standard InChI is InChI=1S/C10H18O2/c1-10(2,3)8-12-9-6-4-5-7-11-9/h5,7,9H,4,6,8H2,1-3H3. The molecule has 1 aliphatic rings. The molecule has 0 radical (unpaired) electrons. The van der Waals surface area contributed by atoms with E-state index in [0.29, 0.717) is 0 Å². The molecule has 0 bridgehead atoms. The SMILES string of the molecule is CC(C)(C)COC1CCC=CO1. The van der Waals surface area contributed by atoms with Crippen LogP contribution in [0, 0.1) is 5.41 Å². The summed E-state index contributed by atoms with van der Waals surface area (Å²) in [4.78, 5) is 0. The van der Waals surface area contributed by atoms with Crippen LogP contribution in [0.2, 0.25) is 0 Å². The normalized spacial score (nSPS) is 23.8. The van der Waals surface area contributed by atoms with E-state index in [1.54, 1.807) is 6.26 Å². The van der Waals surface area contributed by atoms with Crippen molar-refractivity contribution in [3.05, 3.63) is 12.3 Å². The van der Waals surface area contributed by atoms with Crippen LogP contribution in [0.15, 0.2) is 12.3 Å². The molecule has 0 amide bonds. The highest BCUT2D eigenvalue weighted by atomic mass is 16.7. The van der Waals surface area contributed by atoms with E-state index in [0.717, 1.165) is 19.4 Å². The lowest BCUT2D eigenvalue weighted by Crippen LogP contribution is -2.23. The Balaban J connectivity index is 2.19. The summed E-state index contributed by atoms with van der Waals surface area (Å²) in [7, 11) is 0. The first-order valence-electron chi connectivity index (χ1n) is 4.50. The van der Waals surface area contributed by atoms with E-state index < -0.39 is 0 Å². The minimum atomic E-state index is -0.0192. The van der Waals surface area contributed by atoms with Crippen molar-refractivity contribution in [1.82, 2.24) is 0 Å². The summed E-state index contributed by atoms with van der Waals surface area (Å²) in [5.74, 6) is 0. The first-order chi connectivity index (χ1) is 5.58. The molecule has 0 aromatic heterocycles. The van der Waals surface area contributed by atoms with Crippen LogP contribution in [0.5, 0.6) is 0 Å². The van der Waals surface area contributed by atoms with Crippen molar-refractivity contribution in [3.63, 3.8) is 0 Å². The Hall–Kier alpha value is -0.500. The van der Waals surface area contributed by atoms with Crippen LogP contribution in [0.4, 0.5) is 0 Å². The Kier molecular flexibility index (Phi) is 3.15. The van der Waals surface area contributed by atoms with Gasteiger partial charge in [-0.05, 0) is 17.9 Å². The Morgan fingerprint density at radius 2 is 2.25 bits per heavy atom. The molecule has 2 nitrogen and oxygen atoms in total. The van der Waals surface area contributed by atoms with Crippen LogP contribution in [0.1, 0.15) is 33.6 Å². The minimum absolute atomic E-state index is 0.0192. The molecule has 0 N–H and O–H groups in total. The maximum absolute atomic E-state index is 5.57. The summed E-state index contributed by atoms with van der Waals surface area (Å²) in [6.45, 7) is 7.23. The molecular formula is C10H18O2. The maximum atomic E-state index is 5.57. The van der Waals surface area contributed by atoms with Crippen molar-refractivity contribution < 1.29 is 9.47 Å². The van der Waals surface area contributed by atoms with Gasteiger partial charge in [-0.15, -0.1) is 0 Å². The summed E-state index contributed by atoms with van der Waals surface area (Å²) in [6, 6.07) is 0. The van der Waals surface area contributed by atoms with Gasteiger partial charge in [-0.1, -0.05) is 20.8 Å². The Morgan fingerprint density at radius 1 is 1.50 bits per heavy atom. The second-order valence-electron chi connectivity index (χ2n) is 4.39. The predicted octanol–water partition coefficient (Wildman–Crippen LogP) is 2.70. The monoisotopic (exact) mass is 170 g/mol. The molecule has 0 aliphatic carbocycles. The van der Waals surface area contributed by atoms with Gasteiger partial charge in [0.25, 0.3) is 0 Å². The molecule has 0 fully saturated rings. The summed E-state index contributed by atoms with van der Waals surface area (Å²) in [6.07, 6.45) is 5.78. The molecule has 1 unspecified atom stereocenters. The largest absolute Gasteiger partial charge is 0.473 e. The molecule has 0 aromatic carbocycles. The van der Waals surface area contributed by atoms with Gasteiger partial charge in [0, 0.05) is 6.42 Å². The fraction of sp³-hybridized carbons (Fsp3) is 0.800. The van der Waals surface area contributed by atoms with E-state index in [4.69, 9.17) is 9.47 Å². The van der Waals surface area contributed by atoms with Gasteiger partial charge in [0.15, 0.2) is 6.29 Å². The molecule has 0 saturated heterocycles. The first kappa shape index (κ1) is 9.59. The Labute approximate surface area is 74.6 Å². The van der Waals surface area contributed by atoms with Gasteiger partial charge in [0.2, 0.25) is 0 Å². The molecule has 0 saturated carbocycles. The van der Waals surface area contributed by atoms with Gasteiger partial charge in [-0.25, -0.2) is 0 Å². The highest BCUT2D eigenvalue weighted by Gasteiger charge is 2.16. The second-order valence-corrected chi connectivity index (χ2v) is 4.39. The van der Waals surface area contributed by atoms with E-state index in [1.165, 1.54) is 0 Å². The van der Waals surface area contributed by atoms with Crippen molar-refractivity contribution in [3.8, 4) is 0 Å². The van der Waals surface area contributed by atoms with E-state index in [1.807, 2.05) is 6.08 Å². The van der Waals surface area contributed by atoms with Crippen molar-refractivity contribution in [1.29, 1.82) is 0 Å². The summed E-state index contributed by atoms with van der Waals surface area (Å²) in [5.41, 5.74) is 0.227. The molecule has 2 heteroatoms. The molecule has 1 heterocycles. The van der Waals surface area contributed by atoms with Crippen molar-refractivity contribution in [2.75, 3.05) is 6.61 Å². The third-order valence-corrected chi connectivity index (χ3v) is 1.60. The van der Waals surface area contributed by atoms with Gasteiger partial charge >= 0.3 is 0 Å². The Morgan fingerprint density at radius 3 is 2.75 bits per heavy atom. The fourth-order valence-corrected chi connectivity index (χ4v) is 0.977. The lowest BCUT2D eigenvalue weighted by atomic mass is 9.99. The zero-order valence-electron chi connectivity index (χ0n) is 8.17. The lowest BCUT2D eigenvalue weighted by Gasteiger charge is -2.24. The van der Waals surface area contributed by atoms with Crippen LogP contribution in [-0.4, -0.2) is 12.9 Å². The Bertz CT molecular complexity index is 156. The zero-order valence-corrected chi connectivity index (χ0v) is 8.17. The third kappa shape index (κ3) is 3.77. The van der Waals surface area contributed by atoms with Crippen LogP contribution in [0.3, 0.4) is 0 Å². The van der Waals surface area contributed by atoms with Crippen LogP contribution in [-0.2, 0) is 9.47 Å². The van der Waals surface area contributed by atoms with E-state index in [-0.39, 0.29) is 11.7 Å². The third-order valence-electron chi connectivity index (χ3n) is 1.60. The second kappa shape index (κ2) is 3.94. The van der Waals surface area contributed by atoms with Crippen molar-refractivity contribution >= 4 is 0 Å². The molecule has 0 aromatic rings. The number of allylic oxidation sites excluding steroid dienone is 1. The van der Waals surface area contributed by atoms with Gasteiger partial charge in [-0.2, -0.15) is 0 Å². The van der Waals surface area contributed by atoms with E-state index in [2.05, 4.69) is 20.8 Å². The molecule has 70 valence electrons. The molecule has 1 aliphatic heterocycles. The minimum Gasteiger partial charge on any atom is -0.473 e. The van der Waals surface area contributed by atoms with Crippen molar-refractivity contribution in [2.45, 2.75) is 39.9 Å². The van der Waals surface area contributed by atoms with Gasteiger partial charge < -0.3 is 9.47 Å². The molecule has 1 atom stereocenters. The van der Waals surface area contributed by atoms with E-state index >= 15 is 0 Å². The quantitative estimate of drug-likeness (QED) is 0.634. The first-order valence-corrected chi connectivity index (χ1v) is 4.50. The number of hydrogen-bond donors (Lipinski definition) is 0. The fourth-order valence-electron chi connectivity index (χ4n) is 0.977. The van der Waals surface area contributed by atoms with Crippen LogP contribution < -0.4 is 0 Å². The highest BCUT2D eigenvalue weighted by Crippen LogP contribution is 2.18. The molecule has 12 heavy (non-hydrogen) atoms. The maximum Gasteiger partial charge on any atom is 0.199 e. The summed E-state index contributed by atoms with van der Waals surface area (Å²) in [5, 5.41) is 0. The summed E-state index contributed by atoms with van der Waals surface area (Å²) >= 11 is 0.